The van der Waals surface area contributed by atoms with Crippen LogP contribution in [0.5, 0.6) is 0 Å². The highest BCUT2D eigenvalue weighted by Gasteiger charge is 2.50. The van der Waals surface area contributed by atoms with E-state index in [1.165, 1.54) is 23.1 Å². The normalized spacial score (nSPS) is 23.1. The van der Waals surface area contributed by atoms with Gasteiger partial charge in [0.2, 0.25) is 0 Å². The van der Waals surface area contributed by atoms with Gasteiger partial charge in [-0.1, -0.05) is 56.3 Å². The first-order chi connectivity index (χ1) is 17.8. The summed E-state index contributed by atoms with van der Waals surface area (Å²) in [4.78, 5) is 23.4. The maximum atomic E-state index is 12.9. The van der Waals surface area contributed by atoms with E-state index in [9.17, 15) is 4.79 Å². The zero-order valence-corrected chi connectivity index (χ0v) is 22.8. The van der Waals surface area contributed by atoms with Crippen molar-refractivity contribution in [2.75, 3.05) is 20.1 Å². The maximum Gasteiger partial charge on any atom is 0.308 e. The molecular formula is C32H41N3O2. The molecule has 6 rings (SSSR count). The van der Waals surface area contributed by atoms with E-state index in [0.29, 0.717) is 5.92 Å². The molecule has 0 saturated heterocycles. The number of nitrogens with one attached hydrogen (secondary N) is 1. The van der Waals surface area contributed by atoms with Crippen LogP contribution in [0.1, 0.15) is 62.9 Å². The molecule has 1 aromatic heterocycles. The smallest absolute Gasteiger partial charge is 0.308 e. The molecule has 0 radical (unpaired) electrons. The van der Waals surface area contributed by atoms with Gasteiger partial charge in [-0.25, -0.2) is 4.98 Å². The largest absolute Gasteiger partial charge is 0.458 e. The van der Waals surface area contributed by atoms with Crippen LogP contribution < -0.4 is 0 Å². The lowest BCUT2D eigenvalue weighted by Crippen LogP contribution is -2.51. The van der Waals surface area contributed by atoms with Crippen LogP contribution in [0, 0.1) is 24.7 Å². The Labute approximate surface area is 221 Å². The van der Waals surface area contributed by atoms with E-state index >= 15 is 0 Å². The predicted molar refractivity (Wildman–Crippen MR) is 150 cm³/mol. The molecule has 2 bridgehead atoms. The third kappa shape index (κ3) is 5.52. The number of benzene rings is 2. The van der Waals surface area contributed by atoms with E-state index in [1.807, 2.05) is 26.0 Å². The van der Waals surface area contributed by atoms with Gasteiger partial charge in [-0.2, -0.15) is 0 Å². The van der Waals surface area contributed by atoms with Gasteiger partial charge in [0.15, 0.2) is 0 Å². The van der Waals surface area contributed by atoms with Crippen LogP contribution in [0.4, 0.5) is 0 Å². The van der Waals surface area contributed by atoms with Crippen LogP contribution >= 0.6 is 0 Å². The number of carbonyl (C=O) groups excluding carboxylic acids is 1. The number of ether oxygens (including phenoxy) is 1. The summed E-state index contributed by atoms with van der Waals surface area (Å²) in [5.41, 5.74) is 5.89. The Balaban J connectivity index is 1.25. The number of aromatic nitrogens is 2. The molecule has 1 heterocycles. The highest BCUT2D eigenvalue weighted by molar-refractivity contribution is 5.75. The monoisotopic (exact) mass is 499 g/mol. The van der Waals surface area contributed by atoms with Crippen LogP contribution in [-0.2, 0) is 16.0 Å². The third-order valence-corrected chi connectivity index (χ3v) is 8.45. The Morgan fingerprint density at radius 1 is 1.14 bits per heavy atom. The van der Waals surface area contributed by atoms with Crippen LogP contribution in [0.3, 0.4) is 0 Å². The van der Waals surface area contributed by atoms with Crippen molar-refractivity contribution in [1.29, 1.82) is 0 Å². The summed E-state index contributed by atoms with van der Waals surface area (Å²) >= 11 is 0. The molecule has 5 nitrogen and oxygen atoms in total. The van der Waals surface area contributed by atoms with Gasteiger partial charge in [0.1, 0.15) is 11.4 Å². The van der Waals surface area contributed by atoms with Crippen molar-refractivity contribution in [3.8, 4) is 0 Å². The van der Waals surface area contributed by atoms with E-state index in [0.717, 1.165) is 62.1 Å². The fourth-order valence-electron chi connectivity index (χ4n) is 6.28. The number of hydrogen-bond acceptors (Lipinski definition) is 4. The molecule has 1 N–H and O–H groups in total. The maximum absolute atomic E-state index is 12.9. The van der Waals surface area contributed by atoms with Gasteiger partial charge in [0.05, 0.1) is 17.0 Å². The topological polar surface area (TPSA) is 58.2 Å². The summed E-state index contributed by atoms with van der Waals surface area (Å²) in [5, 5.41) is 0. The Morgan fingerprint density at radius 3 is 2.65 bits per heavy atom. The fourth-order valence-corrected chi connectivity index (χ4v) is 6.28. The Hall–Kier alpha value is -2.92. The Bertz CT molecular complexity index is 1240. The van der Waals surface area contributed by atoms with Crippen LogP contribution in [0.2, 0.25) is 0 Å². The standard InChI is InChI=1S/C32H41N3O2/c1-22(2)31(36)37-32(21-24-15-16-25(32)20-27(24)26-11-6-5-10-23(26)3)17-19-35(4)18-9-14-30-33-28-12-7-8-13-29(28)34-30/h5-8,10-13,20,22,24-25H,9,14-19,21H2,1-4H3,(H,33,34). The number of fused-ring (bicyclic) bond motifs is 3. The molecule has 1 saturated carbocycles. The van der Waals surface area contributed by atoms with E-state index < -0.39 is 5.60 Å². The molecule has 37 heavy (non-hydrogen) atoms. The number of H-pyrrole nitrogens is 1. The Morgan fingerprint density at radius 2 is 1.92 bits per heavy atom. The van der Waals surface area contributed by atoms with Crippen molar-refractivity contribution >= 4 is 22.6 Å². The fraction of sp³-hybridized carbons (Fsp3) is 0.500. The minimum Gasteiger partial charge on any atom is -0.458 e. The molecule has 196 valence electrons. The van der Waals surface area contributed by atoms with Crippen molar-refractivity contribution in [1.82, 2.24) is 14.9 Å². The van der Waals surface area contributed by atoms with E-state index in [-0.39, 0.29) is 17.8 Å². The number of rotatable bonds is 10. The van der Waals surface area contributed by atoms with Crippen molar-refractivity contribution in [3.05, 3.63) is 71.6 Å². The summed E-state index contributed by atoms with van der Waals surface area (Å²) in [6, 6.07) is 16.9. The number of imidazole rings is 1. The van der Waals surface area contributed by atoms with Gasteiger partial charge in [-0.15, -0.1) is 0 Å². The molecule has 1 fully saturated rings. The molecule has 3 aliphatic carbocycles. The number of para-hydroxylation sites is 2. The van der Waals surface area contributed by atoms with Crippen molar-refractivity contribution in [2.45, 2.75) is 64.9 Å². The molecule has 2 aromatic carbocycles. The summed E-state index contributed by atoms with van der Waals surface area (Å²) in [5.74, 6) is 1.60. The second-order valence-electron chi connectivity index (χ2n) is 11.5. The van der Waals surface area contributed by atoms with E-state index in [1.54, 1.807) is 0 Å². The first-order valence-electron chi connectivity index (χ1n) is 14.0. The summed E-state index contributed by atoms with van der Waals surface area (Å²) in [6.07, 6.45) is 8.52. The van der Waals surface area contributed by atoms with Gasteiger partial charge in [-0.05, 0) is 81.0 Å². The summed E-state index contributed by atoms with van der Waals surface area (Å²) in [7, 11) is 2.19. The minimum atomic E-state index is -0.399. The molecule has 3 aliphatic rings. The number of aryl methyl sites for hydroxylation is 2. The SMILES string of the molecule is Cc1ccccc1C1=CC2CCC1CC2(CCN(C)CCCc1nc2ccccc2[nH]1)OC(=O)C(C)C. The Kier molecular flexibility index (Phi) is 7.52. The average Bonchev–Trinajstić information content (AvgIpc) is 3.31. The number of allylic oxidation sites excluding steroid dienone is 1. The third-order valence-electron chi connectivity index (χ3n) is 8.45. The zero-order valence-electron chi connectivity index (χ0n) is 22.8. The molecule has 0 spiro atoms. The number of hydrogen-bond donors (Lipinski definition) is 1. The molecule has 3 aromatic rings. The molecule has 3 atom stereocenters. The van der Waals surface area contributed by atoms with Gasteiger partial charge < -0.3 is 14.6 Å². The van der Waals surface area contributed by atoms with Crippen LogP contribution in [-0.4, -0.2) is 46.6 Å². The number of esters is 1. The molecular weight excluding hydrogens is 458 g/mol. The van der Waals surface area contributed by atoms with Gasteiger partial charge in [0.25, 0.3) is 0 Å². The van der Waals surface area contributed by atoms with Crippen molar-refractivity contribution < 1.29 is 9.53 Å². The minimum absolute atomic E-state index is 0.0640. The van der Waals surface area contributed by atoms with Gasteiger partial charge >= 0.3 is 5.97 Å². The number of carbonyl (C=O) groups is 1. The molecule has 5 heteroatoms. The van der Waals surface area contributed by atoms with Crippen LogP contribution in [0.15, 0.2) is 54.6 Å². The average molecular weight is 500 g/mol. The lowest BCUT2D eigenvalue weighted by atomic mass is 9.60. The molecule has 0 aliphatic heterocycles. The lowest BCUT2D eigenvalue weighted by Gasteiger charge is -2.50. The second-order valence-corrected chi connectivity index (χ2v) is 11.5. The summed E-state index contributed by atoms with van der Waals surface area (Å²) < 4.78 is 6.42. The van der Waals surface area contributed by atoms with Crippen molar-refractivity contribution in [2.24, 2.45) is 17.8 Å². The van der Waals surface area contributed by atoms with Crippen molar-refractivity contribution in [3.63, 3.8) is 0 Å². The van der Waals surface area contributed by atoms with E-state index in [2.05, 4.69) is 66.3 Å². The number of nitrogens with zero attached hydrogens (tertiary/aromatic N) is 2. The lowest BCUT2D eigenvalue weighted by molar-refractivity contribution is -0.176. The highest BCUT2D eigenvalue weighted by atomic mass is 16.6. The first kappa shape index (κ1) is 25.7. The second kappa shape index (κ2) is 10.8. The molecule has 0 amide bonds. The van der Waals surface area contributed by atoms with Crippen LogP contribution in [0.25, 0.3) is 16.6 Å². The molecule has 3 unspecified atom stereocenters. The van der Waals surface area contributed by atoms with Gasteiger partial charge in [0, 0.05) is 25.3 Å². The highest BCUT2D eigenvalue weighted by Crippen LogP contribution is 2.53. The first-order valence-corrected chi connectivity index (χ1v) is 14.0. The predicted octanol–water partition coefficient (Wildman–Crippen LogP) is 6.58. The summed E-state index contributed by atoms with van der Waals surface area (Å²) in [6.45, 7) is 7.99. The zero-order chi connectivity index (χ0) is 26.0. The van der Waals surface area contributed by atoms with Gasteiger partial charge in [-0.3, -0.25) is 4.79 Å². The number of aromatic amines is 1. The van der Waals surface area contributed by atoms with E-state index in [4.69, 9.17) is 9.72 Å². The quantitative estimate of drug-likeness (QED) is 0.320.